The number of carbonyl (C=O) groups is 1. The summed E-state index contributed by atoms with van der Waals surface area (Å²) in [4.78, 5) is 40.0. The molecule has 36 heavy (non-hydrogen) atoms. The lowest BCUT2D eigenvalue weighted by atomic mass is 10.2. The quantitative estimate of drug-likeness (QED) is 0.368. The summed E-state index contributed by atoms with van der Waals surface area (Å²) in [7, 11) is -1.03. The van der Waals surface area contributed by atoms with Gasteiger partial charge in [0.15, 0.2) is 5.82 Å². The maximum atomic E-state index is 13.4. The van der Waals surface area contributed by atoms with Gasteiger partial charge < -0.3 is 0 Å². The third-order valence-electron chi connectivity index (χ3n) is 5.15. The average Bonchev–Trinajstić information content (AvgIpc) is 2.81. The van der Waals surface area contributed by atoms with Gasteiger partial charge in [0.1, 0.15) is 0 Å². The van der Waals surface area contributed by atoms with Crippen LogP contribution in [0.1, 0.15) is 45.3 Å². The lowest BCUT2D eigenvalue weighted by Gasteiger charge is -2.21. The standard InChI is InChI=1S/C26H26F3N3O3S/c1-17(2)31-23(30-36(19-11-7-5-8-12-19)20-13-9-6-10-14-20)21(15-16-22(33)26(27,28)29)24(34)32(18(3)4)25(31)35/h5-18H,1-4H3/b16-15+. The van der Waals surface area contributed by atoms with Gasteiger partial charge in [0.2, 0.25) is 0 Å². The summed E-state index contributed by atoms with van der Waals surface area (Å²) in [5.74, 6) is -2.20. The average molecular weight is 518 g/mol. The molecule has 0 fully saturated rings. The fraction of sp³-hybridized carbons (Fsp3) is 0.269. The van der Waals surface area contributed by atoms with Gasteiger partial charge in [-0.3, -0.25) is 18.7 Å². The minimum absolute atomic E-state index is 0.0841. The van der Waals surface area contributed by atoms with E-state index >= 15 is 0 Å². The van der Waals surface area contributed by atoms with Crippen LogP contribution in [0, 0.1) is 0 Å². The molecule has 0 unspecified atom stereocenters. The zero-order chi connectivity index (χ0) is 26.6. The van der Waals surface area contributed by atoms with Crippen LogP contribution in [0.5, 0.6) is 0 Å². The van der Waals surface area contributed by atoms with Gasteiger partial charge in [-0.25, -0.2) is 4.79 Å². The Hall–Kier alpha value is -3.53. The summed E-state index contributed by atoms with van der Waals surface area (Å²) in [6, 6.07) is 17.3. The smallest absolute Gasteiger partial charge is 0.285 e. The molecule has 3 aromatic rings. The number of halogens is 3. The summed E-state index contributed by atoms with van der Waals surface area (Å²) in [5.41, 5.74) is -1.71. The van der Waals surface area contributed by atoms with Crippen molar-refractivity contribution in [2.75, 3.05) is 0 Å². The van der Waals surface area contributed by atoms with Crippen LogP contribution in [0.4, 0.5) is 19.0 Å². The Labute approximate surface area is 208 Å². The molecule has 0 aliphatic rings. The van der Waals surface area contributed by atoms with Crippen LogP contribution in [0.2, 0.25) is 0 Å². The van der Waals surface area contributed by atoms with E-state index in [1.54, 1.807) is 27.7 Å². The van der Waals surface area contributed by atoms with Crippen molar-refractivity contribution < 1.29 is 18.0 Å². The number of aromatic nitrogens is 2. The second-order valence-corrected chi connectivity index (χ2v) is 10.1. The van der Waals surface area contributed by atoms with Crippen LogP contribution in [0.25, 0.3) is 6.08 Å². The molecule has 190 valence electrons. The highest BCUT2D eigenvalue weighted by atomic mass is 32.2. The molecule has 0 spiro atoms. The van der Waals surface area contributed by atoms with Crippen LogP contribution in [0.15, 0.2) is 90.5 Å². The maximum absolute atomic E-state index is 13.4. The first-order valence-electron chi connectivity index (χ1n) is 11.2. The third-order valence-corrected chi connectivity index (χ3v) is 6.95. The van der Waals surface area contributed by atoms with Crippen molar-refractivity contribution in [1.82, 2.24) is 9.13 Å². The van der Waals surface area contributed by atoms with Gasteiger partial charge in [0, 0.05) is 21.9 Å². The highest BCUT2D eigenvalue weighted by Crippen LogP contribution is 2.28. The van der Waals surface area contributed by atoms with Crippen molar-refractivity contribution in [3.8, 4) is 0 Å². The van der Waals surface area contributed by atoms with E-state index in [1.807, 2.05) is 60.7 Å². The number of ketones is 1. The van der Waals surface area contributed by atoms with Crippen molar-refractivity contribution >= 4 is 28.4 Å². The Morgan fingerprint density at radius 3 is 1.75 bits per heavy atom. The zero-order valence-corrected chi connectivity index (χ0v) is 21.0. The lowest BCUT2D eigenvalue weighted by molar-refractivity contribution is -0.165. The highest BCUT2D eigenvalue weighted by molar-refractivity contribution is 7.87. The first-order valence-corrected chi connectivity index (χ1v) is 12.4. The molecule has 0 saturated heterocycles. The lowest BCUT2D eigenvalue weighted by Crippen LogP contribution is -2.42. The Bertz CT molecular complexity index is 1380. The summed E-state index contributed by atoms with van der Waals surface area (Å²) in [5, 5.41) is 0. The van der Waals surface area contributed by atoms with Gasteiger partial charge >= 0.3 is 11.9 Å². The summed E-state index contributed by atoms with van der Waals surface area (Å²) in [6.45, 7) is 6.68. The van der Waals surface area contributed by atoms with E-state index in [9.17, 15) is 27.6 Å². The normalized spacial score (nSPS) is 12.2. The topological polar surface area (TPSA) is 73.4 Å². The predicted octanol–water partition coefficient (Wildman–Crippen LogP) is 5.87. The van der Waals surface area contributed by atoms with E-state index in [2.05, 4.69) is 0 Å². The van der Waals surface area contributed by atoms with Gasteiger partial charge in [0.25, 0.3) is 11.3 Å². The number of benzene rings is 2. The second-order valence-electron chi connectivity index (χ2n) is 8.45. The fourth-order valence-electron chi connectivity index (χ4n) is 3.49. The molecule has 2 aromatic carbocycles. The molecule has 0 amide bonds. The number of alkyl halides is 3. The molecule has 0 N–H and O–H groups in total. The molecule has 3 rings (SSSR count). The molecule has 6 nitrogen and oxygen atoms in total. The molecule has 0 atom stereocenters. The minimum Gasteiger partial charge on any atom is -0.285 e. The van der Waals surface area contributed by atoms with E-state index < -0.39 is 46.0 Å². The number of allylic oxidation sites excluding steroid dienone is 1. The van der Waals surface area contributed by atoms with Crippen molar-refractivity contribution in [1.29, 1.82) is 0 Å². The highest BCUT2D eigenvalue weighted by Gasteiger charge is 2.36. The Morgan fingerprint density at radius 1 is 0.861 bits per heavy atom. The van der Waals surface area contributed by atoms with Crippen LogP contribution in [0.3, 0.4) is 0 Å². The van der Waals surface area contributed by atoms with Gasteiger partial charge in [0.05, 0.1) is 5.56 Å². The van der Waals surface area contributed by atoms with Gasteiger partial charge in [-0.05, 0) is 74.8 Å². The predicted molar refractivity (Wildman–Crippen MR) is 135 cm³/mol. The molecule has 0 saturated carbocycles. The Kier molecular flexibility index (Phi) is 8.29. The number of nitrogens with zero attached hydrogens (tertiary/aromatic N) is 3. The molecule has 0 bridgehead atoms. The number of carbonyl (C=O) groups excluding carboxylic acids is 1. The molecule has 0 aliphatic carbocycles. The van der Waals surface area contributed by atoms with E-state index in [4.69, 9.17) is 4.36 Å². The number of hydrogen-bond donors (Lipinski definition) is 0. The van der Waals surface area contributed by atoms with E-state index in [0.717, 1.165) is 20.4 Å². The van der Waals surface area contributed by atoms with Crippen LogP contribution >= 0.6 is 0 Å². The fourth-order valence-corrected chi connectivity index (χ4v) is 5.16. The Morgan fingerprint density at radius 2 is 1.33 bits per heavy atom. The first kappa shape index (κ1) is 27.1. The molecule has 0 aliphatic heterocycles. The first-order chi connectivity index (χ1) is 16.9. The minimum atomic E-state index is -5.10. The maximum Gasteiger partial charge on any atom is 0.454 e. The van der Waals surface area contributed by atoms with Gasteiger partial charge in [-0.2, -0.15) is 17.5 Å². The SMILES string of the molecule is CC(C)n1c(N=S(c2ccccc2)c2ccccc2)c(/C=C/C(=O)C(F)(F)F)c(=O)n(C(C)C)c1=O. The van der Waals surface area contributed by atoms with Gasteiger partial charge in [-0.15, -0.1) is 0 Å². The van der Waals surface area contributed by atoms with Gasteiger partial charge in [-0.1, -0.05) is 36.4 Å². The summed E-state index contributed by atoms with van der Waals surface area (Å²) < 4.78 is 45.8. The van der Waals surface area contributed by atoms with Crippen LogP contribution in [-0.4, -0.2) is 21.1 Å². The molecular formula is C26H26F3N3O3S. The number of rotatable bonds is 7. The van der Waals surface area contributed by atoms with Crippen LogP contribution < -0.4 is 11.2 Å². The monoisotopic (exact) mass is 517 g/mol. The zero-order valence-electron chi connectivity index (χ0n) is 20.2. The van der Waals surface area contributed by atoms with Crippen LogP contribution in [-0.2, 0) is 15.5 Å². The van der Waals surface area contributed by atoms with E-state index in [1.165, 1.54) is 4.57 Å². The Balaban J connectivity index is 2.47. The third kappa shape index (κ3) is 5.81. The molecule has 10 heteroatoms. The molecule has 0 radical (unpaired) electrons. The van der Waals surface area contributed by atoms with E-state index in [0.29, 0.717) is 6.08 Å². The largest absolute Gasteiger partial charge is 0.454 e. The number of hydrogen-bond acceptors (Lipinski definition) is 4. The summed E-state index contributed by atoms with van der Waals surface area (Å²) >= 11 is 0. The molecular weight excluding hydrogens is 491 g/mol. The van der Waals surface area contributed by atoms with Crippen molar-refractivity contribution in [2.45, 2.75) is 55.7 Å². The van der Waals surface area contributed by atoms with E-state index in [-0.39, 0.29) is 11.4 Å². The molecule has 1 heterocycles. The second kappa shape index (κ2) is 11.0. The van der Waals surface area contributed by atoms with Crippen molar-refractivity contribution in [2.24, 2.45) is 4.36 Å². The van der Waals surface area contributed by atoms with Crippen molar-refractivity contribution in [3.05, 3.63) is 93.1 Å². The van der Waals surface area contributed by atoms with Crippen molar-refractivity contribution in [3.63, 3.8) is 0 Å². The summed E-state index contributed by atoms with van der Waals surface area (Å²) in [6.07, 6.45) is -3.99. The molecule has 1 aromatic heterocycles.